The molecule has 0 spiro atoms. The number of rotatable bonds is 1. The molecule has 4 aliphatic carbocycles. The zero-order valence-electron chi connectivity index (χ0n) is 11.6. The van der Waals surface area contributed by atoms with Crippen LogP contribution >= 0.6 is 0 Å². The molecule has 106 valence electrons. The second-order valence-electron chi connectivity index (χ2n) is 7.27. The number of hydrogen-bond donors (Lipinski definition) is 1. The van der Waals surface area contributed by atoms with Crippen LogP contribution in [0.4, 0.5) is 4.79 Å². The molecule has 1 aliphatic heterocycles. The van der Waals surface area contributed by atoms with Gasteiger partial charge in [-0.1, -0.05) is 0 Å². The molecule has 4 heteroatoms. The van der Waals surface area contributed by atoms with Gasteiger partial charge in [0.05, 0.1) is 13.2 Å². The van der Waals surface area contributed by atoms with Gasteiger partial charge < -0.3 is 5.32 Å². The van der Waals surface area contributed by atoms with E-state index in [4.69, 9.17) is 4.84 Å². The number of amides is 2. The summed E-state index contributed by atoms with van der Waals surface area (Å²) >= 11 is 0. The molecule has 5 fully saturated rings. The fourth-order valence-corrected chi connectivity index (χ4v) is 5.31. The molecule has 1 saturated heterocycles. The molecule has 0 unspecified atom stereocenters. The average molecular weight is 264 g/mol. The maximum absolute atomic E-state index is 12.4. The summed E-state index contributed by atoms with van der Waals surface area (Å²) in [7, 11) is 0. The average Bonchev–Trinajstić information content (AvgIpc) is 2.37. The fourth-order valence-electron chi connectivity index (χ4n) is 5.31. The van der Waals surface area contributed by atoms with E-state index < -0.39 is 0 Å². The molecule has 4 nitrogen and oxygen atoms in total. The predicted octanol–water partition coefficient (Wildman–Crippen LogP) is 2.69. The highest BCUT2D eigenvalue weighted by molar-refractivity contribution is 5.74. The minimum Gasteiger partial charge on any atom is -0.331 e. The summed E-state index contributed by atoms with van der Waals surface area (Å²) in [5.74, 6) is 2.61. The highest BCUT2D eigenvalue weighted by atomic mass is 16.7. The monoisotopic (exact) mass is 264 g/mol. The third-order valence-corrected chi connectivity index (χ3v) is 5.64. The first kappa shape index (κ1) is 12.0. The van der Waals surface area contributed by atoms with Gasteiger partial charge in [0.15, 0.2) is 0 Å². The number of nitrogens with zero attached hydrogens (tertiary/aromatic N) is 1. The summed E-state index contributed by atoms with van der Waals surface area (Å²) in [4.78, 5) is 17.8. The lowest BCUT2D eigenvalue weighted by Gasteiger charge is -2.57. The Kier molecular flexibility index (Phi) is 2.76. The van der Waals surface area contributed by atoms with Crippen molar-refractivity contribution in [3.63, 3.8) is 0 Å². The van der Waals surface area contributed by atoms with Crippen molar-refractivity contribution in [3.8, 4) is 0 Å². The first-order valence-electron chi connectivity index (χ1n) is 7.95. The van der Waals surface area contributed by atoms with Crippen LogP contribution in [0.25, 0.3) is 0 Å². The molecule has 4 bridgehead atoms. The Morgan fingerprint density at radius 1 is 1.05 bits per heavy atom. The summed E-state index contributed by atoms with van der Waals surface area (Å²) in [6.07, 6.45) is 9.99. The lowest BCUT2D eigenvalue weighted by molar-refractivity contribution is -0.143. The SMILES string of the molecule is O=C(NC12CC3CC(CC(C3)C1)C2)N1CCCCO1. The van der Waals surface area contributed by atoms with E-state index in [0.29, 0.717) is 6.61 Å². The second-order valence-corrected chi connectivity index (χ2v) is 7.27. The van der Waals surface area contributed by atoms with Crippen molar-refractivity contribution in [2.45, 2.75) is 56.9 Å². The van der Waals surface area contributed by atoms with Crippen molar-refractivity contribution in [2.75, 3.05) is 13.2 Å². The Hall–Kier alpha value is -0.770. The number of hydroxylamine groups is 2. The predicted molar refractivity (Wildman–Crippen MR) is 71.3 cm³/mol. The molecule has 0 aromatic heterocycles. The molecular weight excluding hydrogens is 240 g/mol. The molecule has 0 radical (unpaired) electrons. The summed E-state index contributed by atoms with van der Waals surface area (Å²) in [6.45, 7) is 1.44. The van der Waals surface area contributed by atoms with Crippen LogP contribution in [0.3, 0.4) is 0 Å². The smallest absolute Gasteiger partial charge is 0.331 e. The maximum atomic E-state index is 12.4. The fraction of sp³-hybridized carbons (Fsp3) is 0.933. The van der Waals surface area contributed by atoms with Crippen LogP contribution < -0.4 is 5.32 Å². The van der Waals surface area contributed by atoms with Crippen molar-refractivity contribution in [1.29, 1.82) is 0 Å². The lowest BCUT2D eigenvalue weighted by Crippen LogP contribution is -2.62. The van der Waals surface area contributed by atoms with Crippen molar-refractivity contribution in [2.24, 2.45) is 17.8 Å². The molecule has 1 N–H and O–H groups in total. The Morgan fingerprint density at radius 3 is 2.21 bits per heavy atom. The third kappa shape index (κ3) is 2.14. The van der Waals surface area contributed by atoms with Gasteiger partial charge in [-0.15, -0.1) is 0 Å². The largest absolute Gasteiger partial charge is 0.341 e. The topological polar surface area (TPSA) is 41.6 Å². The van der Waals surface area contributed by atoms with Crippen molar-refractivity contribution >= 4 is 6.03 Å². The molecular formula is C15H24N2O2. The van der Waals surface area contributed by atoms with E-state index in [0.717, 1.165) is 37.1 Å². The zero-order valence-corrected chi connectivity index (χ0v) is 11.6. The van der Waals surface area contributed by atoms with E-state index in [2.05, 4.69) is 5.32 Å². The second kappa shape index (κ2) is 4.37. The highest BCUT2D eigenvalue weighted by Crippen LogP contribution is 2.55. The molecule has 5 aliphatic rings. The van der Waals surface area contributed by atoms with E-state index >= 15 is 0 Å². The Labute approximate surface area is 114 Å². The van der Waals surface area contributed by atoms with Gasteiger partial charge in [-0.2, -0.15) is 0 Å². The quantitative estimate of drug-likeness (QED) is 0.791. The summed E-state index contributed by atoms with van der Waals surface area (Å²) < 4.78 is 0. The van der Waals surface area contributed by atoms with Crippen molar-refractivity contribution < 1.29 is 9.63 Å². The Balaban J connectivity index is 1.45. The normalized spacial score (nSPS) is 44.4. The summed E-state index contributed by atoms with van der Waals surface area (Å²) in [6, 6.07) is 0.0154. The standard InChI is InChI=1S/C15H24N2O2/c18-14(17-3-1-2-4-19-17)16-15-8-11-5-12(9-15)7-13(6-11)10-15/h11-13H,1-10H2,(H,16,18). The van der Waals surface area contributed by atoms with Gasteiger partial charge >= 0.3 is 6.03 Å². The van der Waals surface area contributed by atoms with Crippen LogP contribution in [0.5, 0.6) is 0 Å². The summed E-state index contributed by atoms with van der Waals surface area (Å²) in [5.41, 5.74) is 0.104. The van der Waals surface area contributed by atoms with E-state index in [1.54, 1.807) is 5.06 Å². The van der Waals surface area contributed by atoms with Crippen LogP contribution in [0.1, 0.15) is 51.4 Å². The van der Waals surface area contributed by atoms with Gasteiger partial charge in [-0.3, -0.25) is 4.84 Å². The van der Waals surface area contributed by atoms with Gasteiger partial charge in [0.25, 0.3) is 0 Å². The molecule has 1 heterocycles. The van der Waals surface area contributed by atoms with Gasteiger partial charge in [-0.25, -0.2) is 9.86 Å². The maximum Gasteiger partial charge on any atom is 0.341 e. The van der Waals surface area contributed by atoms with E-state index in [1.165, 1.54) is 38.5 Å². The van der Waals surface area contributed by atoms with Crippen molar-refractivity contribution in [1.82, 2.24) is 10.4 Å². The zero-order chi connectivity index (χ0) is 12.9. The molecule has 0 aromatic rings. The summed E-state index contributed by atoms with van der Waals surface area (Å²) in [5, 5.41) is 4.91. The number of nitrogens with one attached hydrogen (secondary N) is 1. The van der Waals surface area contributed by atoms with Crippen LogP contribution in [0.15, 0.2) is 0 Å². The van der Waals surface area contributed by atoms with Gasteiger partial charge in [0.1, 0.15) is 0 Å². The first-order chi connectivity index (χ1) is 9.22. The van der Waals surface area contributed by atoms with Crippen molar-refractivity contribution in [3.05, 3.63) is 0 Å². The molecule has 4 saturated carbocycles. The molecule has 2 amide bonds. The third-order valence-electron chi connectivity index (χ3n) is 5.64. The number of carbonyl (C=O) groups is 1. The van der Waals surface area contributed by atoms with Crippen LogP contribution in [0.2, 0.25) is 0 Å². The Bertz CT molecular complexity index is 341. The Morgan fingerprint density at radius 2 is 1.68 bits per heavy atom. The van der Waals surface area contributed by atoms with E-state index in [1.807, 2.05) is 0 Å². The van der Waals surface area contributed by atoms with Gasteiger partial charge in [-0.05, 0) is 69.1 Å². The van der Waals surface area contributed by atoms with E-state index in [9.17, 15) is 4.79 Å². The van der Waals surface area contributed by atoms with E-state index in [-0.39, 0.29) is 11.6 Å². The lowest BCUT2D eigenvalue weighted by atomic mass is 9.53. The minimum atomic E-state index is 0.0154. The molecule has 0 aromatic carbocycles. The van der Waals surface area contributed by atoms with Crippen LogP contribution in [-0.4, -0.2) is 29.8 Å². The van der Waals surface area contributed by atoms with Crippen LogP contribution in [0, 0.1) is 17.8 Å². The molecule has 5 rings (SSSR count). The molecule has 19 heavy (non-hydrogen) atoms. The number of hydrogen-bond acceptors (Lipinski definition) is 2. The van der Waals surface area contributed by atoms with Crippen LogP contribution in [-0.2, 0) is 4.84 Å². The number of carbonyl (C=O) groups excluding carboxylic acids is 1. The highest BCUT2D eigenvalue weighted by Gasteiger charge is 2.51. The van der Waals surface area contributed by atoms with Gasteiger partial charge in [0, 0.05) is 5.54 Å². The molecule has 0 atom stereocenters. The number of urea groups is 1. The van der Waals surface area contributed by atoms with Gasteiger partial charge in [0.2, 0.25) is 0 Å². The first-order valence-corrected chi connectivity index (χ1v) is 7.95. The minimum absolute atomic E-state index is 0.0154.